The molecule has 1 aromatic rings. The first kappa shape index (κ1) is 8.51. The molecule has 70 valence electrons. The minimum Gasteiger partial charge on any atom is -0.398 e. The van der Waals surface area contributed by atoms with Gasteiger partial charge in [0, 0.05) is 29.7 Å². The number of nitrogens with two attached hydrogens (primary N) is 1. The molecule has 3 N–H and O–H groups in total. The fraction of sp³-hybridized carbons (Fsp3) is 0.500. The molecule has 0 bridgehead atoms. The van der Waals surface area contributed by atoms with E-state index in [-0.39, 0.29) is 0 Å². The molecular formula is C10H15N3. The van der Waals surface area contributed by atoms with Gasteiger partial charge in [-0.05, 0) is 25.5 Å². The highest BCUT2D eigenvalue weighted by molar-refractivity contribution is 5.46. The number of piperidine rings is 1. The van der Waals surface area contributed by atoms with Gasteiger partial charge in [-0.2, -0.15) is 0 Å². The molecule has 1 aliphatic heterocycles. The number of anilines is 1. The van der Waals surface area contributed by atoms with Gasteiger partial charge in [-0.1, -0.05) is 6.42 Å². The summed E-state index contributed by atoms with van der Waals surface area (Å²) in [7, 11) is 0. The van der Waals surface area contributed by atoms with Crippen molar-refractivity contribution in [1.29, 1.82) is 0 Å². The molecule has 1 atom stereocenters. The average Bonchev–Trinajstić information content (AvgIpc) is 2.20. The second-order valence-electron chi connectivity index (χ2n) is 3.51. The van der Waals surface area contributed by atoms with E-state index in [2.05, 4.69) is 10.3 Å². The van der Waals surface area contributed by atoms with Crippen LogP contribution in [0, 0.1) is 0 Å². The number of nitrogens with one attached hydrogen (secondary N) is 1. The van der Waals surface area contributed by atoms with Crippen LogP contribution in [0.2, 0.25) is 0 Å². The Kier molecular flexibility index (Phi) is 2.45. The third-order valence-corrected chi connectivity index (χ3v) is 2.57. The zero-order chi connectivity index (χ0) is 9.10. The van der Waals surface area contributed by atoms with Crippen molar-refractivity contribution >= 4 is 5.69 Å². The Balaban J connectivity index is 2.18. The van der Waals surface area contributed by atoms with Gasteiger partial charge < -0.3 is 11.1 Å². The van der Waals surface area contributed by atoms with E-state index in [4.69, 9.17) is 5.73 Å². The normalized spacial score (nSPS) is 22.9. The zero-order valence-electron chi connectivity index (χ0n) is 7.66. The van der Waals surface area contributed by atoms with Crippen molar-refractivity contribution in [2.24, 2.45) is 0 Å². The summed E-state index contributed by atoms with van der Waals surface area (Å²) in [6.45, 7) is 1.10. The molecule has 3 nitrogen and oxygen atoms in total. The fourth-order valence-corrected chi connectivity index (χ4v) is 1.83. The molecule has 1 aromatic heterocycles. The van der Waals surface area contributed by atoms with E-state index in [1.165, 1.54) is 19.3 Å². The molecule has 0 aliphatic carbocycles. The molecule has 1 unspecified atom stereocenters. The van der Waals surface area contributed by atoms with Crippen LogP contribution in [0.15, 0.2) is 18.5 Å². The summed E-state index contributed by atoms with van der Waals surface area (Å²) >= 11 is 0. The standard InChI is InChI=1S/C10H15N3/c11-9-4-6-12-7-8(9)10-3-1-2-5-13-10/h4,6-7,10,13H,1-3,5H2,(H2,11,12). The lowest BCUT2D eigenvalue weighted by Gasteiger charge is -2.24. The number of nitrogens with zero attached hydrogens (tertiary/aromatic N) is 1. The molecule has 0 spiro atoms. The van der Waals surface area contributed by atoms with E-state index >= 15 is 0 Å². The smallest absolute Gasteiger partial charge is 0.0393 e. The second kappa shape index (κ2) is 3.75. The molecular weight excluding hydrogens is 162 g/mol. The van der Waals surface area contributed by atoms with Crippen LogP contribution in [0.5, 0.6) is 0 Å². The zero-order valence-corrected chi connectivity index (χ0v) is 7.66. The summed E-state index contributed by atoms with van der Waals surface area (Å²) in [6, 6.07) is 2.29. The minimum absolute atomic E-state index is 0.419. The molecule has 0 radical (unpaired) electrons. The number of aromatic nitrogens is 1. The van der Waals surface area contributed by atoms with Gasteiger partial charge in [-0.15, -0.1) is 0 Å². The maximum absolute atomic E-state index is 5.87. The van der Waals surface area contributed by atoms with Crippen molar-refractivity contribution in [3.8, 4) is 0 Å². The molecule has 1 saturated heterocycles. The van der Waals surface area contributed by atoms with E-state index in [1.807, 2.05) is 12.3 Å². The Morgan fingerprint density at radius 2 is 2.38 bits per heavy atom. The fourth-order valence-electron chi connectivity index (χ4n) is 1.83. The lowest BCUT2D eigenvalue weighted by molar-refractivity contribution is 0.412. The van der Waals surface area contributed by atoms with Crippen molar-refractivity contribution in [3.63, 3.8) is 0 Å². The van der Waals surface area contributed by atoms with Gasteiger partial charge in [0.15, 0.2) is 0 Å². The van der Waals surface area contributed by atoms with Crippen LogP contribution in [0.1, 0.15) is 30.9 Å². The molecule has 1 aliphatic rings. The van der Waals surface area contributed by atoms with Crippen molar-refractivity contribution in [3.05, 3.63) is 24.0 Å². The summed E-state index contributed by atoms with van der Waals surface area (Å²) in [4.78, 5) is 4.10. The molecule has 1 fully saturated rings. The maximum atomic E-state index is 5.87. The summed E-state index contributed by atoms with van der Waals surface area (Å²) in [6.07, 6.45) is 7.35. The Bertz CT molecular complexity index is 279. The van der Waals surface area contributed by atoms with Crippen LogP contribution in [0.4, 0.5) is 5.69 Å². The number of pyridine rings is 1. The minimum atomic E-state index is 0.419. The predicted molar refractivity (Wildman–Crippen MR) is 53.2 cm³/mol. The first-order chi connectivity index (χ1) is 6.38. The van der Waals surface area contributed by atoms with Gasteiger partial charge in [0.2, 0.25) is 0 Å². The van der Waals surface area contributed by atoms with E-state index in [0.717, 1.165) is 17.8 Å². The molecule has 0 amide bonds. The molecule has 2 rings (SSSR count). The predicted octanol–water partition coefficient (Wildman–Crippen LogP) is 1.48. The molecule has 0 aromatic carbocycles. The van der Waals surface area contributed by atoms with Crippen LogP contribution in [0.3, 0.4) is 0 Å². The van der Waals surface area contributed by atoms with Gasteiger partial charge in [0.05, 0.1) is 0 Å². The first-order valence-electron chi connectivity index (χ1n) is 4.80. The largest absolute Gasteiger partial charge is 0.398 e. The average molecular weight is 177 g/mol. The van der Waals surface area contributed by atoms with Crippen molar-refractivity contribution < 1.29 is 0 Å². The van der Waals surface area contributed by atoms with Crippen LogP contribution < -0.4 is 11.1 Å². The third-order valence-electron chi connectivity index (χ3n) is 2.57. The number of hydrogen-bond donors (Lipinski definition) is 2. The van der Waals surface area contributed by atoms with Gasteiger partial charge in [-0.3, -0.25) is 4.98 Å². The molecule has 0 saturated carbocycles. The number of hydrogen-bond acceptors (Lipinski definition) is 3. The van der Waals surface area contributed by atoms with E-state index in [0.29, 0.717) is 6.04 Å². The highest BCUT2D eigenvalue weighted by Crippen LogP contribution is 2.25. The van der Waals surface area contributed by atoms with Crippen LogP contribution >= 0.6 is 0 Å². The van der Waals surface area contributed by atoms with Gasteiger partial charge in [0.25, 0.3) is 0 Å². The van der Waals surface area contributed by atoms with Crippen LogP contribution in [-0.2, 0) is 0 Å². The van der Waals surface area contributed by atoms with E-state index in [1.54, 1.807) is 6.20 Å². The summed E-state index contributed by atoms with van der Waals surface area (Å²) in [5.41, 5.74) is 7.88. The van der Waals surface area contributed by atoms with Crippen molar-refractivity contribution in [1.82, 2.24) is 10.3 Å². The van der Waals surface area contributed by atoms with Gasteiger partial charge in [-0.25, -0.2) is 0 Å². The Morgan fingerprint density at radius 1 is 1.46 bits per heavy atom. The Morgan fingerprint density at radius 3 is 3.08 bits per heavy atom. The van der Waals surface area contributed by atoms with Gasteiger partial charge >= 0.3 is 0 Å². The van der Waals surface area contributed by atoms with Crippen LogP contribution in [0.25, 0.3) is 0 Å². The van der Waals surface area contributed by atoms with Crippen molar-refractivity contribution in [2.75, 3.05) is 12.3 Å². The lowest BCUT2D eigenvalue weighted by atomic mass is 9.98. The Hall–Kier alpha value is -1.09. The maximum Gasteiger partial charge on any atom is 0.0393 e. The number of nitrogen functional groups attached to an aromatic ring is 1. The second-order valence-corrected chi connectivity index (χ2v) is 3.51. The molecule has 13 heavy (non-hydrogen) atoms. The highest BCUT2D eigenvalue weighted by atomic mass is 14.9. The van der Waals surface area contributed by atoms with Crippen molar-refractivity contribution in [2.45, 2.75) is 25.3 Å². The SMILES string of the molecule is Nc1ccncc1C1CCCCN1. The Labute approximate surface area is 78.4 Å². The monoisotopic (exact) mass is 177 g/mol. The van der Waals surface area contributed by atoms with Crippen LogP contribution in [-0.4, -0.2) is 11.5 Å². The number of rotatable bonds is 1. The van der Waals surface area contributed by atoms with Gasteiger partial charge in [0.1, 0.15) is 0 Å². The third kappa shape index (κ3) is 1.80. The topological polar surface area (TPSA) is 50.9 Å². The summed E-state index contributed by atoms with van der Waals surface area (Å²) in [5.74, 6) is 0. The molecule has 2 heterocycles. The van der Waals surface area contributed by atoms with E-state index < -0.39 is 0 Å². The summed E-state index contributed by atoms with van der Waals surface area (Å²) < 4.78 is 0. The highest BCUT2D eigenvalue weighted by Gasteiger charge is 2.16. The van der Waals surface area contributed by atoms with E-state index in [9.17, 15) is 0 Å². The first-order valence-corrected chi connectivity index (χ1v) is 4.80. The summed E-state index contributed by atoms with van der Waals surface area (Å²) in [5, 5.41) is 3.46. The molecule has 3 heteroatoms. The quantitative estimate of drug-likeness (QED) is 0.683. The lowest BCUT2D eigenvalue weighted by Crippen LogP contribution is -2.27.